The van der Waals surface area contributed by atoms with Gasteiger partial charge < -0.3 is 19.1 Å². The number of aliphatic hydroxyl groups is 1. The fourth-order valence-corrected chi connectivity index (χ4v) is 4.06. The Labute approximate surface area is 165 Å². The molecule has 2 saturated heterocycles. The van der Waals surface area contributed by atoms with Gasteiger partial charge in [0.25, 0.3) is 0 Å². The minimum atomic E-state index is -0.296. The van der Waals surface area contributed by atoms with Crippen LogP contribution in [0, 0.1) is 13.8 Å². The summed E-state index contributed by atoms with van der Waals surface area (Å²) in [6.07, 6.45) is -0.296. The molecule has 1 aromatic heterocycles. The fourth-order valence-electron chi connectivity index (χ4n) is 4.06. The monoisotopic (exact) mass is 387 g/mol. The van der Waals surface area contributed by atoms with Crippen LogP contribution in [0.2, 0.25) is 0 Å². The normalized spacial score (nSPS) is 24.0. The number of nitrogens with zero attached hydrogens (tertiary/aromatic N) is 3. The van der Waals surface area contributed by atoms with Gasteiger partial charge in [-0.15, -0.1) is 0 Å². The van der Waals surface area contributed by atoms with E-state index in [1.54, 1.807) is 0 Å². The highest BCUT2D eigenvalue weighted by Crippen LogP contribution is 2.22. The zero-order chi connectivity index (χ0) is 19.5. The number of likely N-dealkylation sites (tertiary alicyclic amines) is 1. The summed E-state index contributed by atoms with van der Waals surface area (Å²) < 4.78 is 16.5. The summed E-state index contributed by atoms with van der Waals surface area (Å²) in [5.41, 5.74) is 3.10. The van der Waals surface area contributed by atoms with Gasteiger partial charge in [0, 0.05) is 38.8 Å². The zero-order valence-corrected chi connectivity index (χ0v) is 16.6. The maximum absolute atomic E-state index is 10.5. The van der Waals surface area contributed by atoms with Crippen molar-refractivity contribution in [2.24, 2.45) is 0 Å². The van der Waals surface area contributed by atoms with E-state index < -0.39 is 0 Å². The van der Waals surface area contributed by atoms with Crippen molar-refractivity contribution in [2.75, 3.05) is 39.4 Å². The molecule has 2 atom stereocenters. The number of rotatable bonds is 6. The standard InChI is InChI=1S/C21H29N3O4/c1-15-19(16(2)28-22-15)14-27-18-5-3-17(4-6-18)11-23-12-20(21(25)13-23)24-7-9-26-10-8-24/h3-6,20-21,25H,7-14H2,1-2H3/t20-,21-/m0/s1. The first-order chi connectivity index (χ1) is 13.6. The Morgan fingerprint density at radius 2 is 1.89 bits per heavy atom. The van der Waals surface area contributed by atoms with Crippen molar-refractivity contribution >= 4 is 0 Å². The second-order valence-corrected chi connectivity index (χ2v) is 7.71. The summed E-state index contributed by atoms with van der Waals surface area (Å²) in [5, 5.41) is 14.4. The van der Waals surface area contributed by atoms with Crippen molar-refractivity contribution in [3.63, 3.8) is 0 Å². The number of hydrogen-bond donors (Lipinski definition) is 1. The van der Waals surface area contributed by atoms with Crippen LogP contribution >= 0.6 is 0 Å². The van der Waals surface area contributed by atoms with E-state index in [1.165, 1.54) is 5.56 Å². The zero-order valence-electron chi connectivity index (χ0n) is 16.6. The fraction of sp³-hybridized carbons (Fsp3) is 0.571. The van der Waals surface area contributed by atoms with E-state index in [0.29, 0.717) is 13.2 Å². The van der Waals surface area contributed by atoms with Gasteiger partial charge in [-0.3, -0.25) is 9.80 Å². The molecule has 0 radical (unpaired) electrons. The van der Waals surface area contributed by atoms with Gasteiger partial charge in [0.05, 0.1) is 30.6 Å². The first kappa shape index (κ1) is 19.4. The van der Waals surface area contributed by atoms with Crippen LogP contribution in [-0.2, 0) is 17.9 Å². The predicted octanol–water partition coefficient (Wildman–Crippen LogP) is 1.75. The van der Waals surface area contributed by atoms with Crippen LogP contribution in [0.15, 0.2) is 28.8 Å². The lowest BCUT2D eigenvalue weighted by Gasteiger charge is -2.33. The summed E-state index contributed by atoms with van der Waals surface area (Å²) in [7, 11) is 0. The van der Waals surface area contributed by atoms with Crippen molar-refractivity contribution in [2.45, 2.75) is 39.1 Å². The average Bonchev–Trinajstić information content (AvgIpc) is 3.23. The van der Waals surface area contributed by atoms with Gasteiger partial charge in [0.15, 0.2) is 0 Å². The van der Waals surface area contributed by atoms with E-state index in [9.17, 15) is 5.11 Å². The molecular weight excluding hydrogens is 358 g/mol. The van der Waals surface area contributed by atoms with Gasteiger partial charge in [0.2, 0.25) is 0 Å². The first-order valence-electron chi connectivity index (χ1n) is 9.96. The molecular formula is C21H29N3O4. The molecule has 0 aliphatic carbocycles. The molecule has 28 heavy (non-hydrogen) atoms. The van der Waals surface area contributed by atoms with E-state index in [2.05, 4.69) is 27.1 Å². The minimum absolute atomic E-state index is 0.210. The molecule has 152 valence electrons. The molecule has 1 N–H and O–H groups in total. The van der Waals surface area contributed by atoms with E-state index in [4.69, 9.17) is 14.0 Å². The highest BCUT2D eigenvalue weighted by atomic mass is 16.5. The smallest absolute Gasteiger partial charge is 0.140 e. The van der Waals surface area contributed by atoms with Gasteiger partial charge in [-0.25, -0.2) is 0 Å². The second kappa shape index (κ2) is 8.61. The predicted molar refractivity (Wildman–Crippen MR) is 104 cm³/mol. The third-order valence-electron chi connectivity index (χ3n) is 5.74. The maximum atomic E-state index is 10.5. The van der Waals surface area contributed by atoms with E-state index in [0.717, 1.165) is 62.2 Å². The van der Waals surface area contributed by atoms with E-state index in [1.807, 2.05) is 26.0 Å². The molecule has 2 aromatic rings. The van der Waals surface area contributed by atoms with E-state index >= 15 is 0 Å². The first-order valence-corrected chi connectivity index (χ1v) is 9.96. The Bertz CT molecular complexity index is 751. The molecule has 2 fully saturated rings. The second-order valence-electron chi connectivity index (χ2n) is 7.71. The highest BCUT2D eigenvalue weighted by molar-refractivity contribution is 5.28. The Morgan fingerprint density at radius 1 is 1.14 bits per heavy atom. The summed E-state index contributed by atoms with van der Waals surface area (Å²) >= 11 is 0. The molecule has 0 amide bonds. The number of ether oxygens (including phenoxy) is 2. The number of hydrogen-bond acceptors (Lipinski definition) is 7. The number of aryl methyl sites for hydroxylation is 2. The third kappa shape index (κ3) is 4.38. The Kier molecular flexibility index (Phi) is 5.96. The Hall–Kier alpha value is -1.93. The number of aliphatic hydroxyl groups excluding tert-OH is 1. The molecule has 7 nitrogen and oxygen atoms in total. The summed E-state index contributed by atoms with van der Waals surface area (Å²) in [6, 6.07) is 8.40. The van der Waals surface area contributed by atoms with Crippen molar-refractivity contribution < 1.29 is 19.1 Å². The molecule has 0 saturated carbocycles. The Morgan fingerprint density at radius 3 is 2.57 bits per heavy atom. The Balaban J connectivity index is 1.29. The SMILES string of the molecule is Cc1noc(C)c1COc1ccc(CN2C[C@H](O)[C@@H](N3CCOCC3)C2)cc1. The van der Waals surface area contributed by atoms with Crippen LogP contribution in [0.1, 0.15) is 22.6 Å². The average molecular weight is 387 g/mol. The number of aromatic nitrogens is 1. The topological polar surface area (TPSA) is 71.2 Å². The molecule has 0 bridgehead atoms. The van der Waals surface area contributed by atoms with Gasteiger partial charge >= 0.3 is 0 Å². The van der Waals surface area contributed by atoms with Crippen LogP contribution in [-0.4, -0.2) is 71.6 Å². The van der Waals surface area contributed by atoms with Crippen LogP contribution in [0.4, 0.5) is 0 Å². The molecule has 0 unspecified atom stereocenters. The lowest BCUT2D eigenvalue weighted by Crippen LogP contribution is -2.48. The summed E-state index contributed by atoms with van der Waals surface area (Å²) in [4.78, 5) is 4.68. The van der Waals surface area contributed by atoms with Crippen molar-refractivity contribution in [1.82, 2.24) is 15.0 Å². The van der Waals surface area contributed by atoms with E-state index in [-0.39, 0.29) is 12.1 Å². The largest absolute Gasteiger partial charge is 0.489 e. The molecule has 1 aromatic carbocycles. The van der Waals surface area contributed by atoms with Crippen LogP contribution in [0.5, 0.6) is 5.75 Å². The lowest BCUT2D eigenvalue weighted by atomic mass is 10.1. The van der Waals surface area contributed by atoms with Crippen molar-refractivity contribution in [3.05, 3.63) is 46.8 Å². The molecule has 0 spiro atoms. The molecule has 2 aliphatic rings. The van der Waals surface area contributed by atoms with Gasteiger partial charge in [-0.05, 0) is 31.5 Å². The maximum Gasteiger partial charge on any atom is 0.140 e. The number of benzene rings is 1. The minimum Gasteiger partial charge on any atom is -0.489 e. The quantitative estimate of drug-likeness (QED) is 0.810. The van der Waals surface area contributed by atoms with Crippen molar-refractivity contribution in [3.8, 4) is 5.75 Å². The van der Waals surface area contributed by atoms with Crippen molar-refractivity contribution in [1.29, 1.82) is 0 Å². The number of morpholine rings is 1. The van der Waals surface area contributed by atoms with Crippen LogP contribution in [0.25, 0.3) is 0 Å². The molecule has 7 heteroatoms. The molecule has 3 heterocycles. The van der Waals surface area contributed by atoms with Crippen LogP contribution < -0.4 is 4.74 Å². The highest BCUT2D eigenvalue weighted by Gasteiger charge is 2.35. The molecule has 4 rings (SSSR count). The molecule has 2 aliphatic heterocycles. The third-order valence-corrected chi connectivity index (χ3v) is 5.74. The summed E-state index contributed by atoms with van der Waals surface area (Å²) in [5.74, 6) is 1.63. The van der Waals surface area contributed by atoms with Crippen LogP contribution in [0.3, 0.4) is 0 Å². The summed E-state index contributed by atoms with van der Waals surface area (Å²) in [6.45, 7) is 10.1. The lowest BCUT2D eigenvalue weighted by molar-refractivity contribution is -0.00618. The van der Waals surface area contributed by atoms with Gasteiger partial charge in [-0.2, -0.15) is 0 Å². The van der Waals surface area contributed by atoms with Gasteiger partial charge in [0.1, 0.15) is 18.1 Å². The van der Waals surface area contributed by atoms with Gasteiger partial charge in [-0.1, -0.05) is 17.3 Å². The number of β-amino-alcohol motifs (C(OH)–C–C–N with tert-alkyl or cyclic N) is 1.